The van der Waals surface area contributed by atoms with Crippen LogP contribution in [0.2, 0.25) is 10.0 Å². The highest BCUT2D eigenvalue weighted by Crippen LogP contribution is 2.20. The average molecular weight is 283 g/mol. The Labute approximate surface area is 107 Å². The van der Waals surface area contributed by atoms with Crippen molar-refractivity contribution >= 4 is 47.8 Å². The van der Waals surface area contributed by atoms with Crippen LogP contribution in [0.15, 0.2) is 18.2 Å². The monoisotopic (exact) mass is 282 g/mol. The lowest BCUT2D eigenvalue weighted by atomic mass is 10.2. The molecule has 0 aliphatic rings. The molecule has 0 amide bonds. The second-order valence-corrected chi connectivity index (χ2v) is 3.64. The standard InChI is InChI=1S/C7H4Cl2O2.C2H4O2S/c8-4-1-2-5(7(10)11)6(9)3-4;3-2(4)1-5/h1-3H,(H,10,11);5H,1H2,(H,3,4). The summed E-state index contributed by atoms with van der Waals surface area (Å²) in [7, 11) is 0. The topological polar surface area (TPSA) is 74.6 Å². The van der Waals surface area contributed by atoms with Crippen LogP contribution >= 0.6 is 35.8 Å². The van der Waals surface area contributed by atoms with Gasteiger partial charge in [-0.15, -0.1) is 0 Å². The number of carboxylic acids is 2. The Kier molecular flexibility index (Phi) is 6.96. The van der Waals surface area contributed by atoms with Crippen LogP contribution in [0, 0.1) is 0 Å². The third-order valence-corrected chi connectivity index (χ3v) is 2.12. The maximum Gasteiger partial charge on any atom is 0.337 e. The van der Waals surface area contributed by atoms with Crippen molar-refractivity contribution < 1.29 is 19.8 Å². The molecule has 0 bridgehead atoms. The molecular formula is C9H8Cl2O4S. The number of rotatable bonds is 2. The normalized spacial score (nSPS) is 8.94. The largest absolute Gasteiger partial charge is 0.481 e. The van der Waals surface area contributed by atoms with Crippen LogP contribution in [0.5, 0.6) is 0 Å². The molecule has 1 aromatic carbocycles. The molecule has 7 heteroatoms. The van der Waals surface area contributed by atoms with E-state index in [1.54, 1.807) is 0 Å². The van der Waals surface area contributed by atoms with Crippen LogP contribution in [-0.4, -0.2) is 27.9 Å². The number of carboxylic acid groups (broad SMARTS) is 2. The second-order valence-electron chi connectivity index (χ2n) is 2.48. The van der Waals surface area contributed by atoms with Crippen molar-refractivity contribution in [1.29, 1.82) is 0 Å². The summed E-state index contributed by atoms with van der Waals surface area (Å²) in [6.45, 7) is 0. The van der Waals surface area contributed by atoms with Gasteiger partial charge in [0.15, 0.2) is 0 Å². The fourth-order valence-corrected chi connectivity index (χ4v) is 1.15. The van der Waals surface area contributed by atoms with Crippen molar-refractivity contribution in [3.05, 3.63) is 33.8 Å². The Morgan fingerprint density at radius 3 is 2.06 bits per heavy atom. The van der Waals surface area contributed by atoms with Crippen LogP contribution in [-0.2, 0) is 4.79 Å². The molecule has 88 valence electrons. The average Bonchev–Trinajstić information content (AvgIpc) is 2.17. The smallest absolute Gasteiger partial charge is 0.337 e. The van der Waals surface area contributed by atoms with E-state index in [1.807, 2.05) is 0 Å². The van der Waals surface area contributed by atoms with E-state index in [1.165, 1.54) is 18.2 Å². The molecule has 0 spiro atoms. The summed E-state index contributed by atoms with van der Waals surface area (Å²) in [6, 6.07) is 4.25. The summed E-state index contributed by atoms with van der Waals surface area (Å²) in [6.07, 6.45) is 0. The number of thiol groups is 1. The van der Waals surface area contributed by atoms with Gasteiger partial charge in [-0.2, -0.15) is 12.6 Å². The minimum Gasteiger partial charge on any atom is -0.481 e. The van der Waals surface area contributed by atoms with Gasteiger partial charge in [-0.1, -0.05) is 23.2 Å². The van der Waals surface area contributed by atoms with Gasteiger partial charge in [0.2, 0.25) is 0 Å². The highest BCUT2D eigenvalue weighted by Gasteiger charge is 2.07. The molecule has 0 aliphatic carbocycles. The number of carbonyl (C=O) groups is 2. The molecule has 2 N–H and O–H groups in total. The molecule has 0 fully saturated rings. The summed E-state index contributed by atoms with van der Waals surface area (Å²) >= 11 is 14.5. The van der Waals surface area contributed by atoms with Gasteiger partial charge in [0.25, 0.3) is 0 Å². The van der Waals surface area contributed by atoms with E-state index in [2.05, 4.69) is 12.6 Å². The number of hydrogen-bond acceptors (Lipinski definition) is 3. The Bertz CT molecular complexity index is 395. The molecule has 0 atom stereocenters. The lowest BCUT2D eigenvalue weighted by molar-refractivity contribution is -0.133. The van der Waals surface area contributed by atoms with Crippen molar-refractivity contribution in [2.24, 2.45) is 0 Å². The number of halogens is 2. The predicted molar refractivity (Wildman–Crippen MR) is 64.9 cm³/mol. The first kappa shape index (κ1) is 15.1. The van der Waals surface area contributed by atoms with Gasteiger partial charge in [-0.25, -0.2) is 4.79 Å². The van der Waals surface area contributed by atoms with Gasteiger partial charge in [0.1, 0.15) is 0 Å². The Hall–Kier alpha value is -0.910. The number of aliphatic carboxylic acids is 1. The molecule has 1 aromatic rings. The lowest BCUT2D eigenvalue weighted by Crippen LogP contribution is -1.96. The third kappa shape index (κ3) is 5.85. The van der Waals surface area contributed by atoms with Crippen LogP contribution < -0.4 is 0 Å². The molecule has 4 nitrogen and oxygen atoms in total. The fraction of sp³-hybridized carbons (Fsp3) is 0.111. The molecule has 0 aliphatic heterocycles. The molecule has 1 rings (SSSR count). The Balaban J connectivity index is 0.000000385. The molecule has 0 radical (unpaired) electrons. The highest BCUT2D eigenvalue weighted by atomic mass is 35.5. The van der Waals surface area contributed by atoms with Crippen LogP contribution in [0.25, 0.3) is 0 Å². The zero-order valence-electron chi connectivity index (χ0n) is 7.85. The minimum atomic E-state index is -1.05. The zero-order valence-corrected chi connectivity index (χ0v) is 10.3. The highest BCUT2D eigenvalue weighted by molar-refractivity contribution is 7.81. The van der Waals surface area contributed by atoms with E-state index < -0.39 is 11.9 Å². The van der Waals surface area contributed by atoms with E-state index in [4.69, 9.17) is 33.4 Å². The summed E-state index contributed by atoms with van der Waals surface area (Å²) in [5, 5.41) is 16.8. The predicted octanol–water partition coefficient (Wildman–Crippen LogP) is 2.69. The maximum atomic E-state index is 10.4. The zero-order chi connectivity index (χ0) is 12.7. The molecule has 0 heterocycles. The van der Waals surface area contributed by atoms with Crippen molar-refractivity contribution in [1.82, 2.24) is 0 Å². The van der Waals surface area contributed by atoms with Crippen LogP contribution in [0.4, 0.5) is 0 Å². The van der Waals surface area contributed by atoms with E-state index in [0.717, 1.165) is 0 Å². The van der Waals surface area contributed by atoms with E-state index in [0.29, 0.717) is 5.02 Å². The molecule has 0 saturated carbocycles. The van der Waals surface area contributed by atoms with Gasteiger partial charge < -0.3 is 10.2 Å². The van der Waals surface area contributed by atoms with Crippen LogP contribution in [0.1, 0.15) is 10.4 Å². The Morgan fingerprint density at radius 2 is 1.75 bits per heavy atom. The van der Waals surface area contributed by atoms with Crippen LogP contribution in [0.3, 0.4) is 0 Å². The first-order valence-electron chi connectivity index (χ1n) is 3.89. The number of hydrogen-bond donors (Lipinski definition) is 3. The SMILES string of the molecule is O=C(O)CS.O=C(O)c1ccc(Cl)cc1Cl. The summed E-state index contributed by atoms with van der Waals surface area (Å²) in [4.78, 5) is 19.7. The molecule has 16 heavy (non-hydrogen) atoms. The maximum absolute atomic E-state index is 10.4. The molecule has 0 unspecified atom stereocenters. The van der Waals surface area contributed by atoms with E-state index >= 15 is 0 Å². The number of benzene rings is 1. The first-order chi connectivity index (χ1) is 7.38. The summed E-state index contributed by atoms with van der Waals surface area (Å²) in [5.74, 6) is -2.01. The van der Waals surface area contributed by atoms with Gasteiger partial charge in [-0.3, -0.25) is 4.79 Å². The van der Waals surface area contributed by atoms with Gasteiger partial charge in [0, 0.05) is 5.02 Å². The van der Waals surface area contributed by atoms with E-state index in [-0.39, 0.29) is 16.3 Å². The van der Waals surface area contributed by atoms with Gasteiger partial charge >= 0.3 is 11.9 Å². The number of aromatic carboxylic acids is 1. The quantitative estimate of drug-likeness (QED) is 0.729. The molecule has 0 aromatic heterocycles. The van der Waals surface area contributed by atoms with Gasteiger partial charge in [0.05, 0.1) is 16.3 Å². The lowest BCUT2D eigenvalue weighted by Gasteiger charge is -1.96. The van der Waals surface area contributed by atoms with Crippen molar-refractivity contribution in [3.8, 4) is 0 Å². The first-order valence-corrected chi connectivity index (χ1v) is 5.28. The molecular weight excluding hydrogens is 275 g/mol. The summed E-state index contributed by atoms with van der Waals surface area (Å²) < 4.78 is 0. The van der Waals surface area contributed by atoms with Crippen molar-refractivity contribution in [2.75, 3.05) is 5.75 Å². The minimum absolute atomic E-state index is 0.0658. The second kappa shape index (κ2) is 7.38. The fourth-order valence-electron chi connectivity index (χ4n) is 0.663. The Morgan fingerprint density at radius 1 is 1.25 bits per heavy atom. The van der Waals surface area contributed by atoms with Crippen molar-refractivity contribution in [3.63, 3.8) is 0 Å². The molecule has 0 saturated heterocycles. The summed E-state index contributed by atoms with van der Waals surface area (Å²) in [5.41, 5.74) is 0.0658. The van der Waals surface area contributed by atoms with E-state index in [9.17, 15) is 9.59 Å². The van der Waals surface area contributed by atoms with Crippen molar-refractivity contribution in [2.45, 2.75) is 0 Å². The van der Waals surface area contributed by atoms with Gasteiger partial charge in [-0.05, 0) is 18.2 Å². The third-order valence-electron chi connectivity index (χ3n) is 1.30.